The summed E-state index contributed by atoms with van der Waals surface area (Å²) in [5.41, 5.74) is 8.34. The predicted octanol–water partition coefficient (Wildman–Crippen LogP) is 2.23. The van der Waals surface area contributed by atoms with Crippen LogP contribution in [0.1, 0.15) is 23.7 Å². The highest BCUT2D eigenvalue weighted by Crippen LogP contribution is 2.14. The van der Waals surface area contributed by atoms with Crippen molar-refractivity contribution in [2.45, 2.75) is 19.4 Å². The first kappa shape index (κ1) is 12.6. The molecule has 1 aromatic carbocycles. The van der Waals surface area contributed by atoms with Crippen molar-refractivity contribution in [3.8, 4) is 0 Å². The largest absolute Gasteiger partial charge is 0.370 e. The molecule has 1 atom stereocenters. The van der Waals surface area contributed by atoms with Gasteiger partial charge < -0.3 is 11.1 Å². The molecule has 2 aromatic rings. The first-order valence-electron chi connectivity index (χ1n) is 6.22. The Balaban J connectivity index is 1.84. The van der Waals surface area contributed by atoms with Gasteiger partial charge in [-0.25, -0.2) is 0 Å². The van der Waals surface area contributed by atoms with E-state index in [9.17, 15) is 0 Å². The highest BCUT2D eigenvalue weighted by molar-refractivity contribution is 5.36. The fourth-order valence-corrected chi connectivity index (χ4v) is 2.00. The lowest BCUT2D eigenvalue weighted by molar-refractivity contribution is 0.668. The lowest BCUT2D eigenvalue weighted by atomic mass is 10.1. The summed E-state index contributed by atoms with van der Waals surface area (Å²) in [6, 6.07) is 12.3. The van der Waals surface area contributed by atoms with E-state index < -0.39 is 0 Å². The van der Waals surface area contributed by atoms with Gasteiger partial charge >= 0.3 is 0 Å². The number of nitrogens with one attached hydrogen (secondary N) is 1. The van der Waals surface area contributed by atoms with E-state index >= 15 is 0 Å². The molecule has 0 spiro atoms. The number of nitrogens with zero attached hydrogens (tertiary/aromatic N) is 2. The van der Waals surface area contributed by atoms with Crippen LogP contribution in [0.5, 0.6) is 0 Å². The summed E-state index contributed by atoms with van der Waals surface area (Å²) in [4.78, 5) is 0. The summed E-state index contributed by atoms with van der Waals surface area (Å²) in [5, 5.41) is 7.64. The summed E-state index contributed by atoms with van der Waals surface area (Å²) in [5.74, 6) is 1.03. The molecule has 4 heteroatoms. The molecular weight excluding hydrogens is 224 g/mol. The molecular formula is C14H20N4. The van der Waals surface area contributed by atoms with E-state index in [-0.39, 0.29) is 6.04 Å². The lowest BCUT2D eigenvalue weighted by Crippen LogP contribution is -2.16. The molecule has 1 heterocycles. The van der Waals surface area contributed by atoms with Crippen LogP contribution in [0, 0.1) is 6.92 Å². The van der Waals surface area contributed by atoms with Gasteiger partial charge in [0.15, 0.2) is 0 Å². The van der Waals surface area contributed by atoms with Crippen molar-refractivity contribution in [1.29, 1.82) is 0 Å². The molecule has 0 bridgehead atoms. The summed E-state index contributed by atoms with van der Waals surface area (Å²) in [7, 11) is 1.94. The number of hydrogen-bond acceptors (Lipinski definition) is 3. The third kappa shape index (κ3) is 3.11. The predicted molar refractivity (Wildman–Crippen MR) is 74.4 cm³/mol. The van der Waals surface area contributed by atoms with Crippen molar-refractivity contribution >= 4 is 5.82 Å². The van der Waals surface area contributed by atoms with Crippen molar-refractivity contribution in [1.82, 2.24) is 9.78 Å². The Kier molecular flexibility index (Phi) is 3.99. The van der Waals surface area contributed by atoms with Crippen LogP contribution >= 0.6 is 0 Å². The molecule has 0 radical (unpaired) electrons. The summed E-state index contributed by atoms with van der Waals surface area (Å²) in [6.45, 7) is 2.83. The van der Waals surface area contributed by atoms with E-state index in [0.29, 0.717) is 0 Å². The van der Waals surface area contributed by atoms with Crippen molar-refractivity contribution in [2.24, 2.45) is 12.8 Å². The Morgan fingerprint density at radius 1 is 1.33 bits per heavy atom. The number of nitrogens with two attached hydrogens (primary N) is 1. The average Bonchev–Trinajstić information content (AvgIpc) is 2.69. The Hall–Kier alpha value is -1.81. The number of anilines is 1. The maximum absolute atomic E-state index is 6.14. The molecule has 0 fully saturated rings. The van der Waals surface area contributed by atoms with E-state index in [1.165, 1.54) is 5.56 Å². The molecule has 1 aromatic heterocycles. The van der Waals surface area contributed by atoms with Gasteiger partial charge in [-0.2, -0.15) is 5.10 Å². The Bertz CT molecular complexity index is 490. The minimum Gasteiger partial charge on any atom is -0.370 e. The van der Waals surface area contributed by atoms with Gasteiger partial charge in [0, 0.05) is 25.7 Å². The number of rotatable bonds is 5. The number of aromatic nitrogens is 2. The zero-order valence-corrected chi connectivity index (χ0v) is 10.9. The molecule has 18 heavy (non-hydrogen) atoms. The van der Waals surface area contributed by atoms with Gasteiger partial charge in [0.25, 0.3) is 0 Å². The van der Waals surface area contributed by atoms with Gasteiger partial charge in [0.1, 0.15) is 5.82 Å². The highest BCUT2D eigenvalue weighted by Gasteiger charge is 2.06. The summed E-state index contributed by atoms with van der Waals surface area (Å²) < 4.78 is 1.85. The Labute approximate surface area is 108 Å². The van der Waals surface area contributed by atoms with Crippen LogP contribution in [0.25, 0.3) is 0 Å². The van der Waals surface area contributed by atoms with E-state index in [2.05, 4.69) is 22.5 Å². The van der Waals surface area contributed by atoms with E-state index in [1.54, 1.807) is 0 Å². The minimum absolute atomic E-state index is 0.0769. The van der Waals surface area contributed by atoms with Crippen LogP contribution in [-0.4, -0.2) is 16.3 Å². The molecule has 0 saturated heterocycles. The zero-order chi connectivity index (χ0) is 13.0. The summed E-state index contributed by atoms with van der Waals surface area (Å²) >= 11 is 0. The fraction of sp³-hybridized carbons (Fsp3) is 0.357. The SMILES string of the molecule is Cc1cc(NCCC(N)c2ccccc2)n(C)n1. The Morgan fingerprint density at radius 3 is 2.67 bits per heavy atom. The lowest BCUT2D eigenvalue weighted by Gasteiger charge is -2.13. The molecule has 0 aliphatic heterocycles. The van der Waals surface area contributed by atoms with Gasteiger partial charge in [-0.05, 0) is 18.9 Å². The second kappa shape index (κ2) is 5.69. The molecule has 3 N–H and O–H groups in total. The molecule has 0 aliphatic rings. The molecule has 0 amide bonds. The standard InChI is InChI=1S/C14H20N4/c1-11-10-14(18(2)17-11)16-9-8-13(15)12-6-4-3-5-7-12/h3-7,10,13,16H,8-9,15H2,1-2H3. The van der Waals surface area contributed by atoms with Crippen molar-refractivity contribution in [2.75, 3.05) is 11.9 Å². The average molecular weight is 244 g/mol. The normalized spacial score (nSPS) is 12.4. The molecule has 96 valence electrons. The maximum Gasteiger partial charge on any atom is 0.124 e. The molecule has 1 unspecified atom stereocenters. The Morgan fingerprint density at radius 2 is 2.06 bits per heavy atom. The number of hydrogen-bond donors (Lipinski definition) is 2. The van der Waals surface area contributed by atoms with Gasteiger partial charge in [0.05, 0.1) is 5.69 Å². The molecule has 2 rings (SSSR count). The quantitative estimate of drug-likeness (QED) is 0.848. The van der Waals surface area contributed by atoms with Crippen LogP contribution in [0.2, 0.25) is 0 Å². The van der Waals surface area contributed by atoms with E-state index in [0.717, 1.165) is 24.5 Å². The zero-order valence-electron chi connectivity index (χ0n) is 10.9. The first-order chi connectivity index (χ1) is 8.66. The van der Waals surface area contributed by atoms with Gasteiger partial charge in [-0.3, -0.25) is 4.68 Å². The van der Waals surface area contributed by atoms with Crippen molar-refractivity contribution in [3.05, 3.63) is 47.7 Å². The maximum atomic E-state index is 6.14. The van der Waals surface area contributed by atoms with Crippen LogP contribution in [0.3, 0.4) is 0 Å². The van der Waals surface area contributed by atoms with Crippen LogP contribution in [-0.2, 0) is 7.05 Å². The molecule has 0 saturated carbocycles. The van der Waals surface area contributed by atoms with Gasteiger partial charge in [0.2, 0.25) is 0 Å². The topological polar surface area (TPSA) is 55.9 Å². The third-order valence-electron chi connectivity index (χ3n) is 2.99. The minimum atomic E-state index is 0.0769. The number of aryl methyl sites for hydroxylation is 2. The van der Waals surface area contributed by atoms with Crippen LogP contribution < -0.4 is 11.1 Å². The summed E-state index contributed by atoms with van der Waals surface area (Å²) in [6.07, 6.45) is 0.897. The monoisotopic (exact) mass is 244 g/mol. The van der Waals surface area contributed by atoms with Crippen molar-refractivity contribution < 1.29 is 0 Å². The molecule has 0 aliphatic carbocycles. The first-order valence-corrected chi connectivity index (χ1v) is 6.22. The van der Waals surface area contributed by atoms with Crippen molar-refractivity contribution in [3.63, 3.8) is 0 Å². The number of benzene rings is 1. The van der Waals surface area contributed by atoms with E-state index in [4.69, 9.17) is 5.73 Å². The van der Waals surface area contributed by atoms with E-state index in [1.807, 2.05) is 42.9 Å². The molecule has 4 nitrogen and oxygen atoms in total. The van der Waals surface area contributed by atoms with Crippen LogP contribution in [0.15, 0.2) is 36.4 Å². The fourth-order valence-electron chi connectivity index (χ4n) is 2.00. The third-order valence-corrected chi connectivity index (χ3v) is 2.99. The van der Waals surface area contributed by atoms with Gasteiger partial charge in [-0.1, -0.05) is 30.3 Å². The highest BCUT2D eigenvalue weighted by atomic mass is 15.3. The van der Waals surface area contributed by atoms with Gasteiger partial charge in [-0.15, -0.1) is 0 Å². The second-order valence-electron chi connectivity index (χ2n) is 4.53. The smallest absolute Gasteiger partial charge is 0.124 e. The van der Waals surface area contributed by atoms with Crippen LogP contribution in [0.4, 0.5) is 5.82 Å². The second-order valence-corrected chi connectivity index (χ2v) is 4.53.